The molecule has 6 nitrogen and oxygen atoms in total. The monoisotopic (exact) mass is 307 g/mol. The van der Waals surface area contributed by atoms with E-state index in [1.807, 2.05) is 26.8 Å². The van der Waals surface area contributed by atoms with Crippen LogP contribution in [0, 0.1) is 5.92 Å². The molecule has 0 unspecified atom stereocenters. The summed E-state index contributed by atoms with van der Waals surface area (Å²) >= 11 is 0. The standard InChI is InChI=1S/C16H25N3O3/c1-4-8-22-13-7-5-6-12(9-13)19-14(20)10-18-16(21)15(17)11(2)3/h5-7,9,11,15H,4,8,10,17H2,1-3H3,(H,18,21)(H,19,20)/t15-/m0/s1. The van der Waals surface area contributed by atoms with Gasteiger partial charge in [-0.05, 0) is 24.5 Å². The molecule has 1 aromatic carbocycles. The normalized spacial score (nSPS) is 11.9. The minimum Gasteiger partial charge on any atom is -0.494 e. The van der Waals surface area contributed by atoms with Crippen molar-refractivity contribution in [3.05, 3.63) is 24.3 Å². The van der Waals surface area contributed by atoms with Gasteiger partial charge in [-0.2, -0.15) is 0 Å². The predicted molar refractivity (Wildman–Crippen MR) is 86.7 cm³/mol. The van der Waals surface area contributed by atoms with E-state index in [-0.39, 0.29) is 24.3 Å². The van der Waals surface area contributed by atoms with Crippen molar-refractivity contribution in [2.24, 2.45) is 11.7 Å². The average molecular weight is 307 g/mol. The zero-order chi connectivity index (χ0) is 16.5. The van der Waals surface area contributed by atoms with E-state index >= 15 is 0 Å². The molecule has 1 rings (SSSR count). The quantitative estimate of drug-likeness (QED) is 0.678. The highest BCUT2D eigenvalue weighted by Gasteiger charge is 2.17. The van der Waals surface area contributed by atoms with Crippen LogP contribution in [-0.4, -0.2) is 31.0 Å². The highest BCUT2D eigenvalue weighted by atomic mass is 16.5. The van der Waals surface area contributed by atoms with Crippen molar-refractivity contribution in [2.45, 2.75) is 33.2 Å². The molecule has 0 saturated carbocycles. The van der Waals surface area contributed by atoms with Crippen LogP contribution in [-0.2, 0) is 9.59 Å². The fourth-order valence-electron chi connectivity index (χ4n) is 1.68. The molecular formula is C16H25N3O3. The molecule has 22 heavy (non-hydrogen) atoms. The molecule has 0 saturated heterocycles. The number of ether oxygens (including phenoxy) is 1. The van der Waals surface area contributed by atoms with Crippen LogP contribution in [0.4, 0.5) is 5.69 Å². The summed E-state index contributed by atoms with van der Waals surface area (Å²) < 4.78 is 5.50. The number of anilines is 1. The maximum atomic E-state index is 11.8. The van der Waals surface area contributed by atoms with E-state index < -0.39 is 6.04 Å². The number of hydrogen-bond donors (Lipinski definition) is 3. The fourth-order valence-corrected chi connectivity index (χ4v) is 1.68. The Morgan fingerprint density at radius 2 is 2.05 bits per heavy atom. The van der Waals surface area contributed by atoms with Crippen LogP contribution in [0.15, 0.2) is 24.3 Å². The van der Waals surface area contributed by atoms with Crippen molar-refractivity contribution >= 4 is 17.5 Å². The summed E-state index contributed by atoms with van der Waals surface area (Å²) in [5, 5.41) is 5.23. The second-order valence-electron chi connectivity index (χ2n) is 5.41. The molecule has 0 heterocycles. The summed E-state index contributed by atoms with van der Waals surface area (Å²) in [6.07, 6.45) is 0.915. The van der Waals surface area contributed by atoms with Crippen molar-refractivity contribution in [3.8, 4) is 5.75 Å². The maximum absolute atomic E-state index is 11.8. The molecule has 0 aliphatic heterocycles. The van der Waals surface area contributed by atoms with Gasteiger partial charge in [0.25, 0.3) is 0 Å². The molecule has 1 atom stereocenters. The Bertz CT molecular complexity index is 503. The van der Waals surface area contributed by atoms with Crippen LogP contribution in [0.2, 0.25) is 0 Å². The Morgan fingerprint density at radius 3 is 2.68 bits per heavy atom. The zero-order valence-electron chi connectivity index (χ0n) is 13.4. The van der Waals surface area contributed by atoms with Crippen LogP contribution < -0.4 is 21.1 Å². The third-order valence-corrected chi connectivity index (χ3v) is 3.03. The van der Waals surface area contributed by atoms with Crippen molar-refractivity contribution < 1.29 is 14.3 Å². The second-order valence-corrected chi connectivity index (χ2v) is 5.41. The molecule has 2 amide bonds. The molecule has 0 bridgehead atoms. The number of carbonyl (C=O) groups excluding carboxylic acids is 2. The van der Waals surface area contributed by atoms with Gasteiger partial charge in [0.05, 0.1) is 19.2 Å². The van der Waals surface area contributed by atoms with Crippen molar-refractivity contribution in [1.82, 2.24) is 5.32 Å². The lowest BCUT2D eigenvalue weighted by molar-refractivity contribution is -0.125. The first kappa shape index (κ1) is 18.0. The minimum atomic E-state index is -0.612. The molecule has 0 aromatic heterocycles. The van der Waals surface area contributed by atoms with Crippen LogP contribution in [0.1, 0.15) is 27.2 Å². The highest BCUT2D eigenvalue weighted by Crippen LogP contribution is 2.17. The molecule has 0 radical (unpaired) electrons. The Balaban J connectivity index is 2.46. The van der Waals surface area contributed by atoms with E-state index in [0.29, 0.717) is 18.0 Å². The third kappa shape index (κ3) is 6.13. The maximum Gasteiger partial charge on any atom is 0.243 e. The summed E-state index contributed by atoms with van der Waals surface area (Å²) in [6.45, 7) is 6.24. The Labute approximate surface area is 131 Å². The summed E-state index contributed by atoms with van der Waals surface area (Å²) in [4.78, 5) is 23.5. The lowest BCUT2D eigenvalue weighted by Crippen LogP contribution is -2.46. The molecule has 122 valence electrons. The molecule has 0 fully saturated rings. The van der Waals surface area contributed by atoms with E-state index in [4.69, 9.17) is 10.5 Å². The number of amides is 2. The van der Waals surface area contributed by atoms with Gasteiger partial charge in [-0.3, -0.25) is 9.59 Å². The number of rotatable bonds is 8. The fraction of sp³-hybridized carbons (Fsp3) is 0.500. The van der Waals surface area contributed by atoms with Crippen LogP contribution in [0.3, 0.4) is 0 Å². The number of hydrogen-bond acceptors (Lipinski definition) is 4. The van der Waals surface area contributed by atoms with Crippen molar-refractivity contribution in [3.63, 3.8) is 0 Å². The molecule has 0 spiro atoms. The van der Waals surface area contributed by atoms with Crippen molar-refractivity contribution in [2.75, 3.05) is 18.5 Å². The predicted octanol–water partition coefficient (Wildman–Crippen LogP) is 1.51. The first-order chi connectivity index (χ1) is 10.4. The summed E-state index contributed by atoms with van der Waals surface area (Å²) in [7, 11) is 0. The number of benzene rings is 1. The lowest BCUT2D eigenvalue weighted by Gasteiger charge is -2.15. The third-order valence-electron chi connectivity index (χ3n) is 3.03. The highest BCUT2D eigenvalue weighted by molar-refractivity contribution is 5.95. The van der Waals surface area contributed by atoms with Gasteiger partial charge in [0.2, 0.25) is 11.8 Å². The molecule has 4 N–H and O–H groups in total. The van der Waals surface area contributed by atoms with Gasteiger partial charge in [-0.25, -0.2) is 0 Å². The van der Waals surface area contributed by atoms with E-state index in [9.17, 15) is 9.59 Å². The molecule has 0 aliphatic carbocycles. The summed E-state index contributed by atoms with van der Waals surface area (Å²) in [5.41, 5.74) is 6.33. The summed E-state index contributed by atoms with van der Waals surface area (Å²) in [5.74, 6) is 0.0862. The number of nitrogens with two attached hydrogens (primary N) is 1. The smallest absolute Gasteiger partial charge is 0.243 e. The van der Waals surface area contributed by atoms with E-state index in [0.717, 1.165) is 6.42 Å². The van der Waals surface area contributed by atoms with Gasteiger partial charge < -0.3 is 21.1 Å². The lowest BCUT2D eigenvalue weighted by atomic mass is 10.1. The van der Waals surface area contributed by atoms with Gasteiger partial charge in [0.1, 0.15) is 5.75 Å². The van der Waals surface area contributed by atoms with Crippen LogP contribution in [0.25, 0.3) is 0 Å². The Kier molecular flexibility index (Phi) is 7.39. The average Bonchev–Trinajstić information content (AvgIpc) is 2.50. The first-order valence-corrected chi connectivity index (χ1v) is 7.50. The van der Waals surface area contributed by atoms with Crippen LogP contribution in [0.5, 0.6) is 5.75 Å². The minimum absolute atomic E-state index is 0.0236. The number of nitrogens with one attached hydrogen (secondary N) is 2. The Morgan fingerprint density at radius 1 is 1.32 bits per heavy atom. The number of carbonyl (C=O) groups is 2. The van der Waals surface area contributed by atoms with Crippen molar-refractivity contribution in [1.29, 1.82) is 0 Å². The van der Waals surface area contributed by atoms with Gasteiger partial charge in [0, 0.05) is 11.8 Å². The molecule has 6 heteroatoms. The topological polar surface area (TPSA) is 93.5 Å². The summed E-state index contributed by atoms with van der Waals surface area (Å²) in [6, 6.07) is 6.52. The molecule has 1 aromatic rings. The van der Waals surface area contributed by atoms with Gasteiger partial charge in [-0.1, -0.05) is 26.8 Å². The molecular weight excluding hydrogens is 282 g/mol. The Hall–Kier alpha value is -2.08. The van der Waals surface area contributed by atoms with E-state index in [1.165, 1.54) is 0 Å². The largest absolute Gasteiger partial charge is 0.494 e. The van der Waals surface area contributed by atoms with Gasteiger partial charge in [0.15, 0.2) is 0 Å². The van der Waals surface area contributed by atoms with Gasteiger partial charge >= 0.3 is 0 Å². The van der Waals surface area contributed by atoms with E-state index in [2.05, 4.69) is 10.6 Å². The van der Waals surface area contributed by atoms with Gasteiger partial charge in [-0.15, -0.1) is 0 Å². The van der Waals surface area contributed by atoms with E-state index in [1.54, 1.807) is 18.2 Å². The second kappa shape index (κ2) is 9.04. The first-order valence-electron chi connectivity index (χ1n) is 7.50. The zero-order valence-corrected chi connectivity index (χ0v) is 13.4. The SMILES string of the molecule is CCCOc1cccc(NC(=O)CNC(=O)[C@@H](N)C(C)C)c1. The van der Waals surface area contributed by atoms with Crippen LogP contribution >= 0.6 is 0 Å². The molecule has 0 aliphatic rings.